The standard InChI is InChI=1S/C14H13BrClN3O3S/c15-10-6-7-13(12(16)8-10)19(9-14(20)18-17)23(21,22)11-4-2-1-3-5-11/h1-8H,9,17H2,(H,18,20). The van der Waals surface area contributed by atoms with Gasteiger partial charge in [-0.25, -0.2) is 14.3 Å². The predicted molar refractivity (Wildman–Crippen MR) is 92.5 cm³/mol. The Morgan fingerprint density at radius 2 is 1.87 bits per heavy atom. The fourth-order valence-electron chi connectivity index (χ4n) is 1.88. The van der Waals surface area contributed by atoms with Crippen LogP contribution in [0.5, 0.6) is 0 Å². The minimum atomic E-state index is -3.98. The Bertz CT molecular complexity index is 815. The van der Waals surface area contributed by atoms with Gasteiger partial charge in [0.05, 0.1) is 15.6 Å². The van der Waals surface area contributed by atoms with Crippen LogP contribution in [0.3, 0.4) is 0 Å². The molecule has 0 bridgehead atoms. The lowest BCUT2D eigenvalue weighted by molar-refractivity contribution is -0.119. The van der Waals surface area contributed by atoms with Gasteiger partial charge in [0.25, 0.3) is 15.9 Å². The number of anilines is 1. The molecule has 0 aliphatic carbocycles. The zero-order chi connectivity index (χ0) is 17.0. The molecule has 0 saturated carbocycles. The highest BCUT2D eigenvalue weighted by Crippen LogP contribution is 2.32. The molecule has 0 aromatic heterocycles. The molecule has 2 aromatic carbocycles. The molecule has 23 heavy (non-hydrogen) atoms. The zero-order valence-corrected chi connectivity index (χ0v) is 14.9. The number of amides is 1. The Morgan fingerprint density at radius 3 is 2.43 bits per heavy atom. The quantitative estimate of drug-likeness (QED) is 0.443. The van der Waals surface area contributed by atoms with Crippen LogP contribution in [0.1, 0.15) is 0 Å². The Balaban J connectivity index is 2.56. The number of nitrogens with one attached hydrogen (secondary N) is 1. The molecule has 2 rings (SSSR count). The maximum absolute atomic E-state index is 12.9. The summed E-state index contributed by atoms with van der Waals surface area (Å²) in [5.41, 5.74) is 2.10. The van der Waals surface area contributed by atoms with E-state index in [0.717, 1.165) is 4.31 Å². The summed E-state index contributed by atoms with van der Waals surface area (Å²) in [6.45, 7) is -0.491. The first-order chi connectivity index (χ1) is 10.9. The van der Waals surface area contributed by atoms with Crippen molar-refractivity contribution in [3.63, 3.8) is 0 Å². The van der Waals surface area contributed by atoms with Crippen LogP contribution in [0, 0.1) is 0 Å². The summed E-state index contributed by atoms with van der Waals surface area (Å²) in [5.74, 6) is 4.42. The van der Waals surface area contributed by atoms with E-state index in [2.05, 4.69) is 15.9 Å². The lowest BCUT2D eigenvalue weighted by atomic mass is 10.3. The SMILES string of the molecule is NNC(=O)CN(c1ccc(Br)cc1Cl)S(=O)(=O)c1ccccc1. The second-order valence-electron chi connectivity index (χ2n) is 4.49. The van der Waals surface area contributed by atoms with Crippen LogP contribution in [0.25, 0.3) is 0 Å². The number of hydrogen-bond acceptors (Lipinski definition) is 4. The number of benzene rings is 2. The van der Waals surface area contributed by atoms with Crippen molar-refractivity contribution in [2.75, 3.05) is 10.8 Å². The van der Waals surface area contributed by atoms with E-state index in [4.69, 9.17) is 17.4 Å². The highest BCUT2D eigenvalue weighted by Gasteiger charge is 2.28. The van der Waals surface area contributed by atoms with Crippen molar-refractivity contribution in [3.05, 3.63) is 58.0 Å². The van der Waals surface area contributed by atoms with Gasteiger partial charge in [-0.2, -0.15) is 0 Å². The van der Waals surface area contributed by atoms with E-state index in [1.807, 2.05) is 5.43 Å². The summed E-state index contributed by atoms with van der Waals surface area (Å²) >= 11 is 9.40. The van der Waals surface area contributed by atoms with Gasteiger partial charge in [0.2, 0.25) is 0 Å². The van der Waals surface area contributed by atoms with Gasteiger partial charge >= 0.3 is 0 Å². The Hall–Kier alpha value is -1.61. The molecule has 0 saturated heterocycles. The smallest absolute Gasteiger partial charge is 0.264 e. The average Bonchev–Trinajstić information content (AvgIpc) is 2.53. The number of carbonyl (C=O) groups excluding carboxylic acids is 1. The number of halogens is 2. The summed E-state index contributed by atoms with van der Waals surface area (Å²) in [5, 5.41) is 0.184. The Morgan fingerprint density at radius 1 is 1.22 bits per heavy atom. The third kappa shape index (κ3) is 4.03. The molecular formula is C14H13BrClN3O3S. The van der Waals surface area contributed by atoms with Crippen molar-refractivity contribution in [1.29, 1.82) is 0 Å². The minimum absolute atomic E-state index is 0.0452. The van der Waals surface area contributed by atoms with Crippen molar-refractivity contribution in [1.82, 2.24) is 5.43 Å². The summed E-state index contributed by atoms with van der Waals surface area (Å²) in [4.78, 5) is 11.7. The number of nitrogens with two attached hydrogens (primary N) is 1. The van der Waals surface area contributed by atoms with Crippen LogP contribution in [0.4, 0.5) is 5.69 Å². The van der Waals surface area contributed by atoms with Gasteiger partial charge in [-0.1, -0.05) is 45.7 Å². The summed E-state index contributed by atoms with van der Waals surface area (Å²) in [7, 11) is -3.98. The molecule has 122 valence electrons. The van der Waals surface area contributed by atoms with E-state index in [-0.39, 0.29) is 15.6 Å². The number of nitrogens with zero attached hydrogens (tertiary/aromatic N) is 1. The number of carbonyl (C=O) groups is 1. The molecule has 0 heterocycles. The highest BCUT2D eigenvalue weighted by molar-refractivity contribution is 9.10. The fraction of sp³-hybridized carbons (Fsp3) is 0.0714. The first-order valence-corrected chi connectivity index (χ1v) is 8.99. The number of hydrogen-bond donors (Lipinski definition) is 2. The third-order valence-corrected chi connectivity index (χ3v) is 5.53. The topological polar surface area (TPSA) is 92.5 Å². The maximum atomic E-state index is 12.9. The van der Waals surface area contributed by atoms with E-state index in [1.165, 1.54) is 18.2 Å². The van der Waals surface area contributed by atoms with Crippen molar-refractivity contribution in [3.8, 4) is 0 Å². The van der Waals surface area contributed by atoms with E-state index in [9.17, 15) is 13.2 Å². The highest BCUT2D eigenvalue weighted by atomic mass is 79.9. The van der Waals surface area contributed by atoms with Crippen LogP contribution < -0.4 is 15.6 Å². The molecule has 3 N–H and O–H groups in total. The van der Waals surface area contributed by atoms with Gasteiger partial charge in [-0.05, 0) is 30.3 Å². The largest absolute Gasteiger partial charge is 0.293 e. The first-order valence-electron chi connectivity index (χ1n) is 6.38. The predicted octanol–water partition coefficient (Wildman–Crippen LogP) is 2.29. The lowest BCUT2D eigenvalue weighted by Crippen LogP contribution is -2.43. The van der Waals surface area contributed by atoms with E-state index in [1.54, 1.807) is 30.3 Å². The van der Waals surface area contributed by atoms with Crippen LogP contribution >= 0.6 is 27.5 Å². The normalized spacial score (nSPS) is 11.1. The molecule has 2 aromatic rings. The molecule has 9 heteroatoms. The van der Waals surface area contributed by atoms with E-state index >= 15 is 0 Å². The van der Waals surface area contributed by atoms with Crippen molar-refractivity contribution >= 4 is 49.1 Å². The number of hydrazine groups is 1. The number of sulfonamides is 1. The third-order valence-electron chi connectivity index (χ3n) is 2.96. The van der Waals surface area contributed by atoms with Gasteiger partial charge < -0.3 is 0 Å². The zero-order valence-electron chi connectivity index (χ0n) is 11.7. The molecule has 0 unspecified atom stereocenters. The van der Waals surface area contributed by atoms with Gasteiger partial charge in [0.15, 0.2) is 0 Å². The van der Waals surface area contributed by atoms with Crippen molar-refractivity contribution in [2.45, 2.75) is 4.90 Å². The number of rotatable bonds is 5. The molecule has 0 spiro atoms. The molecule has 0 fully saturated rings. The van der Waals surface area contributed by atoms with Crippen molar-refractivity contribution < 1.29 is 13.2 Å². The molecule has 1 amide bonds. The molecule has 0 aliphatic heterocycles. The first kappa shape index (κ1) is 17.7. The van der Waals surface area contributed by atoms with Gasteiger partial charge in [0.1, 0.15) is 6.54 Å². The molecular weight excluding hydrogens is 406 g/mol. The lowest BCUT2D eigenvalue weighted by Gasteiger charge is -2.24. The average molecular weight is 419 g/mol. The van der Waals surface area contributed by atoms with Crippen molar-refractivity contribution in [2.24, 2.45) is 5.84 Å². The summed E-state index contributed by atoms with van der Waals surface area (Å²) in [6.07, 6.45) is 0. The van der Waals surface area contributed by atoms with Crippen LogP contribution in [0.15, 0.2) is 57.9 Å². The minimum Gasteiger partial charge on any atom is -0.293 e. The monoisotopic (exact) mass is 417 g/mol. The second-order valence-corrected chi connectivity index (χ2v) is 7.67. The summed E-state index contributed by atoms with van der Waals surface area (Å²) < 4.78 is 27.3. The van der Waals surface area contributed by atoms with Crippen LogP contribution in [-0.2, 0) is 14.8 Å². The van der Waals surface area contributed by atoms with E-state index < -0.39 is 22.5 Å². The molecule has 6 nitrogen and oxygen atoms in total. The second kappa shape index (κ2) is 7.31. The summed E-state index contributed by atoms with van der Waals surface area (Å²) in [6, 6.07) is 12.5. The fourth-order valence-corrected chi connectivity index (χ4v) is 4.17. The molecule has 0 atom stereocenters. The maximum Gasteiger partial charge on any atom is 0.264 e. The Kier molecular flexibility index (Phi) is 5.64. The molecule has 0 radical (unpaired) electrons. The van der Waals surface area contributed by atoms with Gasteiger partial charge in [-0.15, -0.1) is 0 Å². The molecule has 0 aliphatic rings. The van der Waals surface area contributed by atoms with E-state index in [0.29, 0.717) is 4.47 Å². The van der Waals surface area contributed by atoms with Crippen LogP contribution in [-0.4, -0.2) is 20.9 Å². The Labute approximate surface area is 147 Å². The van der Waals surface area contributed by atoms with Gasteiger partial charge in [-0.3, -0.25) is 14.5 Å². The van der Waals surface area contributed by atoms with Crippen LogP contribution in [0.2, 0.25) is 5.02 Å². The van der Waals surface area contributed by atoms with Gasteiger partial charge in [0, 0.05) is 4.47 Å².